The highest BCUT2D eigenvalue weighted by atomic mass is 16.5. The van der Waals surface area contributed by atoms with E-state index in [1.165, 1.54) is 0 Å². The van der Waals surface area contributed by atoms with Gasteiger partial charge in [-0.25, -0.2) is 0 Å². The molecule has 10 heteroatoms. The second-order valence-corrected chi connectivity index (χ2v) is 5.87. The Morgan fingerprint density at radius 2 is 2.15 bits per heavy atom. The summed E-state index contributed by atoms with van der Waals surface area (Å²) in [6, 6.07) is 3.67. The van der Waals surface area contributed by atoms with Crippen molar-refractivity contribution < 1.29 is 9.32 Å². The fourth-order valence-corrected chi connectivity index (χ4v) is 2.79. The molecule has 2 N–H and O–H groups in total. The van der Waals surface area contributed by atoms with Gasteiger partial charge in [0.2, 0.25) is 0 Å². The minimum Gasteiger partial charge on any atom is -0.345 e. The lowest BCUT2D eigenvalue weighted by Gasteiger charge is -2.05. The van der Waals surface area contributed by atoms with E-state index in [1.807, 2.05) is 18.3 Å². The third kappa shape index (κ3) is 2.61. The van der Waals surface area contributed by atoms with Gasteiger partial charge in [0.1, 0.15) is 0 Å². The lowest BCUT2D eigenvalue weighted by Crippen LogP contribution is -2.25. The van der Waals surface area contributed by atoms with Crippen LogP contribution >= 0.6 is 0 Å². The van der Waals surface area contributed by atoms with Crippen LogP contribution in [0, 0.1) is 20.8 Å². The summed E-state index contributed by atoms with van der Waals surface area (Å²) in [5, 5.41) is 21.9. The number of hydrogen-bond donors (Lipinski definition) is 2. The predicted molar refractivity (Wildman–Crippen MR) is 90.2 cm³/mol. The van der Waals surface area contributed by atoms with Crippen LogP contribution in [0.25, 0.3) is 17.1 Å². The van der Waals surface area contributed by atoms with E-state index in [2.05, 4.69) is 35.9 Å². The number of carbonyl (C=O) groups excluding carboxylic acids is 1. The third-order valence-corrected chi connectivity index (χ3v) is 4.03. The molecular formula is C16H16N8O2. The lowest BCUT2D eigenvalue weighted by atomic mass is 10.2. The Morgan fingerprint density at radius 1 is 1.31 bits per heavy atom. The van der Waals surface area contributed by atoms with Crippen molar-refractivity contribution in [3.05, 3.63) is 46.9 Å². The average Bonchev–Trinajstić information content (AvgIpc) is 3.32. The van der Waals surface area contributed by atoms with E-state index in [9.17, 15) is 4.79 Å². The second kappa shape index (κ2) is 6.06. The van der Waals surface area contributed by atoms with E-state index in [-0.39, 0.29) is 12.5 Å². The van der Waals surface area contributed by atoms with Crippen molar-refractivity contribution in [3.63, 3.8) is 0 Å². The molecule has 0 spiro atoms. The molecule has 0 saturated heterocycles. The maximum absolute atomic E-state index is 12.4. The summed E-state index contributed by atoms with van der Waals surface area (Å²) in [7, 11) is 0. The quantitative estimate of drug-likeness (QED) is 0.567. The number of H-pyrrole nitrogens is 1. The molecule has 26 heavy (non-hydrogen) atoms. The Labute approximate surface area is 147 Å². The molecule has 4 heterocycles. The third-order valence-electron chi connectivity index (χ3n) is 4.03. The molecule has 4 rings (SSSR count). The number of nitrogens with one attached hydrogen (secondary N) is 2. The molecule has 0 aliphatic carbocycles. The van der Waals surface area contributed by atoms with Crippen molar-refractivity contribution in [3.8, 4) is 11.5 Å². The van der Waals surface area contributed by atoms with Crippen molar-refractivity contribution in [2.24, 2.45) is 0 Å². The molecule has 10 nitrogen and oxygen atoms in total. The monoisotopic (exact) mass is 352 g/mol. The molecule has 4 aromatic heterocycles. The van der Waals surface area contributed by atoms with Gasteiger partial charge in [-0.05, 0) is 32.9 Å². The topological polar surface area (TPSA) is 127 Å². The highest BCUT2D eigenvalue weighted by molar-refractivity contribution is 5.96. The van der Waals surface area contributed by atoms with E-state index in [0.29, 0.717) is 40.0 Å². The van der Waals surface area contributed by atoms with Crippen LogP contribution in [0.15, 0.2) is 22.9 Å². The first-order chi connectivity index (χ1) is 12.5. The van der Waals surface area contributed by atoms with Gasteiger partial charge in [-0.3, -0.25) is 14.3 Å². The summed E-state index contributed by atoms with van der Waals surface area (Å²) < 4.78 is 7.00. The normalized spacial score (nSPS) is 11.2. The molecule has 132 valence electrons. The SMILES string of the molecule is Cc1noc(-c2cccn3c(CNC(=O)c4c(C)n[nH]c4C)nnc23)n1. The summed E-state index contributed by atoms with van der Waals surface area (Å²) in [5.41, 5.74) is 3.18. The van der Waals surface area contributed by atoms with Crippen LogP contribution in [0.1, 0.15) is 33.4 Å². The highest BCUT2D eigenvalue weighted by Gasteiger charge is 2.18. The number of carbonyl (C=O) groups is 1. The number of hydrogen-bond acceptors (Lipinski definition) is 7. The first kappa shape index (κ1) is 15.9. The molecule has 4 aromatic rings. The van der Waals surface area contributed by atoms with E-state index < -0.39 is 0 Å². The fraction of sp³-hybridized carbons (Fsp3) is 0.250. The zero-order valence-corrected chi connectivity index (χ0v) is 14.4. The van der Waals surface area contributed by atoms with Crippen LogP contribution in [0.5, 0.6) is 0 Å². The smallest absolute Gasteiger partial charge is 0.261 e. The number of rotatable bonds is 4. The van der Waals surface area contributed by atoms with Gasteiger partial charge in [-0.2, -0.15) is 10.1 Å². The van der Waals surface area contributed by atoms with Gasteiger partial charge in [0.25, 0.3) is 11.8 Å². The molecule has 0 unspecified atom stereocenters. The van der Waals surface area contributed by atoms with Crippen molar-refractivity contribution in [2.75, 3.05) is 0 Å². The maximum atomic E-state index is 12.4. The minimum absolute atomic E-state index is 0.214. The number of amides is 1. The number of fused-ring (bicyclic) bond motifs is 1. The number of aryl methyl sites for hydroxylation is 3. The molecule has 0 radical (unpaired) electrons. The van der Waals surface area contributed by atoms with Crippen LogP contribution in [0.3, 0.4) is 0 Å². The molecular weight excluding hydrogens is 336 g/mol. The summed E-state index contributed by atoms with van der Waals surface area (Å²) in [4.78, 5) is 16.6. The molecule has 0 saturated carbocycles. The van der Waals surface area contributed by atoms with Gasteiger partial charge < -0.3 is 9.84 Å². The Hall–Kier alpha value is -3.56. The van der Waals surface area contributed by atoms with Crippen molar-refractivity contribution >= 4 is 11.6 Å². The Balaban J connectivity index is 1.61. The Bertz CT molecular complexity index is 1090. The van der Waals surface area contributed by atoms with Gasteiger partial charge in [0.05, 0.1) is 23.4 Å². The Kier molecular flexibility index (Phi) is 3.72. The first-order valence-corrected chi connectivity index (χ1v) is 7.97. The standard InChI is InChI=1S/C16H16N8O2/c1-8-13(9(2)20-19-8)15(25)17-7-12-21-22-14-11(5-4-6-24(12)14)16-18-10(3)23-26-16/h4-6H,7H2,1-3H3,(H,17,25)(H,19,20). The van der Waals surface area contributed by atoms with Gasteiger partial charge in [-0.15, -0.1) is 10.2 Å². The van der Waals surface area contributed by atoms with E-state index in [0.717, 1.165) is 5.69 Å². The number of aromatic amines is 1. The number of aromatic nitrogens is 7. The van der Waals surface area contributed by atoms with Gasteiger partial charge in [-0.1, -0.05) is 5.16 Å². The molecule has 0 atom stereocenters. The molecule has 0 aromatic carbocycles. The number of nitrogens with zero attached hydrogens (tertiary/aromatic N) is 6. The maximum Gasteiger partial charge on any atom is 0.261 e. The molecule has 0 aliphatic rings. The zero-order chi connectivity index (χ0) is 18.3. The second-order valence-electron chi connectivity index (χ2n) is 5.87. The van der Waals surface area contributed by atoms with Crippen LogP contribution < -0.4 is 5.32 Å². The van der Waals surface area contributed by atoms with Gasteiger partial charge in [0, 0.05) is 11.9 Å². The van der Waals surface area contributed by atoms with Crippen molar-refractivity contribution in [2.45, 2.75) is 27.3 Å². The molecule has 0 bridgehead atoms. The largest absolute Gasteiger partial charge is 0.345 e. The van der Waals surface area contributed by atoms with Gasteiger partial charge >= 0.3 is 0 Å². The van der Waals surface area contributed by atoms with Crippen LogP contribution in [-0.2, 0) is 6.54 Å². The molecule has 0 aliphatic heterocycles. The van der Waals surface area contributed by atoms with Crippen LogP contribution in [-0.4, -0.2) is 40.8 Å². The van der Waals surface area contributed by atoms with Crippen molar-refractivity contribution in [1.82, 2.24) is 40.3 Å². The van der Waals surface area contributed by atoms with Crippen molar-refractivity contribution in [1.29, 1.82) is 0 Å². The Morgan fingerprint density at radius 3 is 2.85 bits per heavy atom. The lowest BCUT2D eigenvalue weighted by molar-refractivity contribution is 0.0948. The first-order valence-electron chi connectivity index (χ1n) is 7.97. The van der Waals surface area contributed by atoms with E-state index in [4.69, 9.17) is 4.52 Å². The van der Waals surface area contributed by atoms with E-state index in [1.54, 1.807) is 25.2 Å². The minimum atomic E-state index is -0.214. The summed E-state index contributed by atoms with van der Waals surface area (Å²) in [5.74, 6) is 1.29. The van der Waals surface area contributed by atoms with Crippen LogP contribution in [0.4, 0.5) is 0 Å². The average molecular weight is 352 g/mol. The summed E-state index contributed by atoms with van der Waals surface area (Å²) in [6.45, 7) is 5.55. The fourth-order valence-electron chi connectivity index (χ4n) is 2.79. The van der Waals surface area contributed by atoms with Crippen LogP contribution in [0.2, 0.25) is 0 Å². The zero-order valence-electron chi connectivity index (χ0n) is 14.4. The summed E-state index contributed by atoms with van der Waals surface area (Å²) >= 11 is 0. The predicted octanol–water partition coefficient (Wildman–Crippen LogP) is 1.36. The van der Waals surface area contributed by atoms with Gasteiger partial charge in [0.15, 0.2) is 17.3 Å². The highest BCUT2D eigenvalue weighted by Crippen LogP contribution is 2.22. The number of pyridine rings is 1. The summed E-state index contributed by atoms with van der Waals surface area (Å²) in [6.07, 6.45) is 1.82. The molecule has 0 fully saturated rings. The van der Waals surface area contributed by atoms with E-state index >= 15 is 0 Å². The molecule has 1 amide bonds.